The fraction of sp³-hybridized carbons (Fsp3) is 0.353. The van der Waals surface area contributed by atoms with Crippen LogP contribution in [-0.2, 0) is 6.54 Å². The second-order valence-electron chi connectivity index (χ2n) is 5.12. The van der Waals surface area contributed by atoms with Gasteiger partial charge in [-0.1, -0.05) is 13.0 Å². The molecule has 1 atom stereocenters. The lowest BCUT2D eigenvalue weighted by atomic mass is 10.1. The van der Waals surface area contributed by atoms with Crippen LogP contribution < -0.4 is 5.32 Å². The maximum absolute atomic E-state index is 8.90. The Morgan fingerprint density at radius 1 is 1.35 bits per heavy atom. The first-order valence-electron chi connectivity index (χ1n) is 7.00. The number of benzene rings is 1. The number of aryl methyl sites for hydroxylation is 1. The Hall–Kier alpha value is -2.05. The zero-order valence-corrected chi connectivity index (χ0v) is 12.4. The van der Waals surface area contributed by atoms with Crippen LogP contribution in [0, 0.1) is 18.3 Å². The van der Waals surface area contributed by atoms with Gasteiger partial charge < -0.3 is 9.88 Å². The van der Waals surface area contributed by atoms with E-state index >= 15 is 0 Å². The standard InChI is InChI=1S/C17H21N3/c1-4-17(19-3)16-7-8-20(12-16)11-15-6-5-14(10-18)9-13(15)2/h5-9,12,17,19H,4,11H2,1-3H3. The average molecular weight is 267 g/mol. The fourth-order valence-electron chi connectivity index (χ4n) is 2.51. The van der Waals surface area contributed by atoms with Crippen LogP contribution in [0.25, 0.3) is 0 Å². The number of hydrogen-bond donors (Lipinski definition) is 1. The Morgan fingerprint density at radius 2 is 2.15 bits per heavy atom. The van der Waals surface area contributed by atoms with Crippen molar-refractivity contribution in [2.75, 3.05) is 7.05 Å². The van der Waals surface area contributed by atoms with Crippen molar-refractivity contribution in [1.82, 2.24) is 9.88 Å². The van der Waals surface area contributed by atoms with Crippen molar-refractivity contribution in [3.05, 3.63) is 58.9 Å². The lowest BCUT2D eigenvalue weighted by molar-refractivity contribution is 0.575. The molecule has 1 heterocycles. The third-order valence-corrected chi connectivity index (χ3v) is 3.76. The molecule has 0 aliphatic rings. The number of rotatable bonds is 5. The zero-order chi connectivity index (χ0) is 14.5. The summed E-state index contributed by atoms with van der Waals surface area (Å²) in [5, 5.41) is 12.2. The summed E-state index contributed by atoms with van der Waals surface area (Å²) in [5.74, 6) is 0. The number of nitrogens with one attached hydrogen (secondary N) is 1. The first-order valence-corrected chi connectivity index (χ1v) is 7.00. The number of hydrogen-bond acceptors (Lipinski definition) is 2. The van der Waals surface area contributed by atoms with Crippen LogP contribution in [0.2, 0.25) is 0 Å². The molecule has 1 aromatic heterocycles. The largest absolute Gasteiger partial charge is 0.350 e. The molecule has 0 amide bonds. The van der Waals surface area contributed by atoms with Crippen LogP contribution >= 0.6 is 0 Å². The second-order valence-corrected chi connectivity index (χ2v) is 5.12. The highest BCUT2D eigenvalue weighted by molar-refractivity contribution is 5.37. The van der Waals surface area contributed by atoms with E-state index < -0.39 is 0 Å². The molecule has 104 valence electrons. The van der Waals surface area contributed by atoms with Gasteiger partial charge in [-0.25, -0.2) is 0 Å². The van der Waals surface area contributed by atoms with Crippen LogP contribution in [0.4, 0.5) is 0 Å². The molecule has 0 aliphatic heterocycles. The molecule has 0 saturated carbocycles. The van der Waals surface area contributed by atoms with E-state index in [0.717, 1.165) is 18.5 Å². The molecule has 1 N–H and O–H groups in total. The van der Waals surface area contributed by atoms with Crippen LogP contribution in [0.15, 0.2) is 36.7 Å². The third-order valence-electron chi connectivity index (χ3n) is 3.76. The minimum absolute atomic E-state index is 0.415. The lowest BCUT2D eigenvalue weighted by Gasteiger charge is -2.12. The molecule has 1 unspecified atom stereocenters. The second kappa shape index (κ2) is 6.40. The van der Waals surface area contributed by atoms with Crippen molar-refractivity contribution in [2.45, 2.75) is 32.9 Å². The smallest absolute Gasteiger partial charge is 0.0991 e. The highest BCUT2D eigenvalue weighted by Gasteiger charge is 2.08. The molecule has 20 heavy (non-hydrogen) atoms. The van der Waals surface area contributed by atoms with E-state index in [1.807, 2.05) is 25.2 Å². The quantitative estimate of drug-likeness (QED) is 0.902. The third kappa shape index (κ3) is 3.09. The minimum Gasteiger partial charge on any atom is -0.350 e. The molecule has 3 heteroatoms. The van der Waals surface area contributed by atoms with Gasteiger partial charge in [-0.3, -0.25) is 0 Å². The van der Waals surface area contributed by atoms with E-state index in [2.05, 4.69) is 48.3 Å². The Kier molecular flexibility index (Phi) is 4.60. The molecule has 0 radical (unpaired) electrons. The lowest BCUT2D eigenvalue weighted by Crippen LogP contribution is -2.14. The molecular formula is C17H21N3. The molecule has 0 fully saturated rings. The van der Waals surface area contributed by atoms with E-state index in [1.165, 1.54) is 16.7 Å². The van der Waals surface area contributed by atoms with Crippen LogP contribution in [0.3, 0.4) is 0 Å². The summed E-state index contributed by atoms with van der Waals surface area (Å²) in [5.41, 5.74) is 4.46. The highest BCUT2D eigenvalue weighted by atomic mass is 14.9. The van der Waals surface area contributed by atoms with Crippen molar-refractivity contribution in [3.8, 4) is 6.07 Å². The summed E-state index contributed by atoms with van der Waals surface area (Å²) < 4.78 is 2.20. The summed E-state index contributed by atoms with van der Waals surface area (Å²) in [6, 6.07) is 10.6. The van der Waals surface area contributed by atoms with E-state index in [1.54, 1.807) is 0 Å². The molecular weight excluding hydrogens is 246 g/mol. The van der Waals surface area contributed by atoms with Gasteiger partial charge in [0.1, 0.15) is 0 Å². The van der Waals surface area contributed by atoms with Gasteiger partial charge in [-0.15, -0.1) is 0 Å². The summed E-state index contributed by atoms with van der Waals surface area (Å²) in [7, 11) is 2.00. The van der Waals surface area contributed by atoms with Gasteiger partial charge in [0.2, 0.25) is 0 Å². The summed E-state index contributed by atoms with van der Waals surface area (Å²) in [4.78, 5) is 0. The molecule has 0 aliphatic carbocycles. The van der Waals surface area contributed by atoms with Crippen molar-refractivity contribution < 1.29 is 0 Å². The van der Waals surface area contributed by atoms with Crippen LogP contribution in [0.5, 0.6) is 0 Å². The maximum Gasteiger partial charge on any atom is 0.0991 e. The topological polar surface area (TPSA) is 40.8 Å². The average Bonchev–Trinajstić information content (AvgIpc) is 2.91. The van der Waals surface area contributed by atoms with Gasteiger partial charge in [0, 0.05) is 25.0 Å². The minimum atomic E-state index is 0.415. The van der Waals surface area contributed by atoms with Gasteiger partial charge in [0.05, 0.1) is 11.6 Å². The van der Waals surface area contributed by atoms with E-state index in [-0.39, 0.29) is 0 Å². The molecule has 0 spiro atoms. The number of nitrogens with zero attached hydrogens (tertiary/aromatic N) is 2. The molecule has 1 aromatic carbocycles. The molecule has 3 nitrogen and oxygen atoms in total. The van der Waals surface area contributed by atoms with Crippen LogP contribution in [0.1, 0.15) is 41.6 Å². The maximum atomic E-state index is 8.90. The Labute approximate surface area is 120 Å². The first kappa shape index (κ1) is 14.4. The Bertz CT molecular complexity index is 615. The van der Waals surface area contributed by atoms with Crippen molar-refractivity contribution in [3.63, 3.8) is 0 Å². The van der Waals surface area contributed by atoms with Gasteiger partial charge in [0.15, 0.2) is 0 Å². The van der Waals surface area contributed by atoms with Crippen LogP contribution in [-0.4, -0.2) is 11.6 Å². The SMILES string of the molecule is CCC(NC)c1ccn(Cc2ccc(C#N)cc2C)c1. The van der Waals surface area contributed by atoms with Crippen molar-refractivity contribution in [1.29, 1.82) is 5.26 Å². The normalized spacial score (nSPS) is 12.1. The predicted molar refractivity (Wildman–Crippen MR) is 81.5 cm³/mol. The zero-order valence-electron chi connectivity index (χ0n) is 12.4. The Morgan fingerprint density at radius 3 is 2.75 bits per heavy atom. The predicted octanol–water partition coefficient (Wildman–Crippen LogP) is 3.39. The highest BCUT2D eigenvalue weighted by Crippen LogP contribution is 2.18. The Balaban J connectivity index is 2.17. The summed E-state index contributed by atoms with van der Waals surface area (Å²) in [6.07, 6.45) is 5.39. The van der Waals surface area contributed by atoms with Gasteiger partial charge in [-0.05, 0) is 55.3 Å². The van der Waals surface area contributed by atoms with Gasteiger partial charge in [0.25, 0.3) is 0 Å². The molecule has 2 aromatic rings. The van der Waals surface area contributed by atoms with E-state index in [9.17, 15) is 0 Å². The first-order chi connectivity index (χ1) is 9.67. The number of aromatic nitrogens is 1. The van der Waals surface area contributed by atoms with Gasteiger partial charge in [-0.2, -0.15) is 5.26 Å². The van der Waals surface area contributed by atoms with Gasteiger partial charge >= 0.3 is 0 Å². The monoisotopic (exact) mass is 267 g/mol. The number of nitriles is 1. The molecule has 0 bridgehead atoms. The van der Waals surface area contributed by atoms with Crippen molar-refractivity contribution >= 4 is 0 Å². The van der Waals surface area contributed by atoms with Crippen molar-refractivity contribution in [2.24, 2.45) is 0 Å². The summed E-state index contributed by atoms with van der Waals surface area (Å²) in [6.45, 7) is 5.09. The fourth-order valence-corrected chi connectivity index (χ4v) is 2.51. The molecule has 2 rings (SSSR count). The summed E-state index contributed by atoms with van der Waals surface area (Å²) >= 11 is 0. The van der Waals surface area contributed by atoms with E-state index in [4.69, 9.17) is 5.26 Å². The molecule has 0 saturated heterocycles. The van der Waals surface area contributed by atoms with E-state index in [0.29, 0.717) is 6.04 Å².